The fraction of sp³-hybridized carbons (Fsp3) is 0.0270. The van der Waals surface area contributed by atoms with Crippen molar-refractivity contribution in [3.8, 4) is 28.7 Å². The lowest BCUT2D eigenvalue weighted by Crippen LogP contribution is -2.11. The lowest BCUT2D eigenvalue weighted by Gasteiger charge is -2.12. The van der Waals surface area contributed by atoms with Crippen LogP contribution in [0.2, 0.25) is 0 Å². The topological polar surface area (TPSA) is 85.6 Å². The quantitative estimate of drug-likeness (QED) is 0.156. The molecule has 8 aromatic rings. The minimum absolute atomic E-state index is 0.418. The van der Waals surface area contributed by atoms with Gasteiger partial charge in [0.05, 0.1) is 22.1 Å². The highest BCUT2D eigenvalue weighted by molar-refractivity contribution is 6.26. The van der Waals surface area contributed by atoms with Crippen molar-refractivity contribution in [3.63, 3.8) is 0 Å². The maximum atomic E-state index is 5.12. The van der Waals surface area contributed by atoms with Gasteiger partial charge in [0.25, 0.3) is 0 Å². The fourth-order valence-electron chi connectivity index (χ4n) is 6.09. The van der Waals surface area contributed by atoms with Crippen molar-refractivity contribution in [2.45, 2.75) is 0 Å². The first-order chi connectivity index (χ1) is 22.3. The molecule has 0 aliphatic rings. The van der Waals surface area contributed by atoms with E-state index in [0.29, 0.717) is 23.6 Å². The molecule has 8 rings (SSSR count). The molecule has 0 fully saturated rings. The molecule has 8 nitrogen and oxygen atoms in total. The van der Waals surface area contributed by atoms with Crippen LogP contribution in [0.4, 0.5) is 0 Å². The maximum absolute atomic E-state index is 5.12. The van der Waals surface area contributed by atoms with Gasteiger partial charge in [-0.1, -0.05) is 109 Å². The van der Waals surface area contributed by atoms with E-state index in [9.17, 15) is 0 Å². The van der Waals surface area contributed by atoms with Gasteiger partial charge in [-0.3, -0.25) is 14.1 Å². The monoisotopic (exact) mass is 582 g/mol. The first-order valence-electron chi connectivity index (χ1n) is 14.5. The fourth-order valence-corrected chi connectivity index (χ4v) is 6.09. The number of nitrogens with zero attached hydrogens (tertiary/aromatic N) is 8. The summed E-state index contributed by atoms with van der Waals surface area (Å²) in [5.41, 5.74) is 5.59. The highest BCUT2D eigenvalue weighted by Gasteiger charge is 2.24. The van der Waals surface area contributed by atoms with Crippen LogP contribution < -0.4 is 0 Å². The van der Waals surface area contributed by atoms with Crippen LogP contribution in [0.25, 0.3) is 72.3 Å². The van der Waals surface area contributed by atoms with E-state index in [1.807, 2.05) is 78.9 Å². The van der Waals surface area contributed by atoms with E-state index in [4.69, 9.17) is 15.0 Å². The van der Waals surface area contributed by atoms with Crippen LogP contribution in [-0.2, 0) is 0 Å². The van der Waals surface area contributed by atoms with E-state index in [-0.39, 0.29) is 0 Å². The minimum Gasteiger partial charge on any atom is -0.277 e. The van der Waals surface area contributed by atoms with E-state index in [1.165, 1.54) is 6.34 Å². The molecule has 0 saturated heterocycles. The van der Waals surface area contributed by atoms with Crippen LogP contribution in [0.5, 0.6) is 0 Å². The van der Waals surface area contributed by atoms with Crippen molar-refractivity contribution >= 4 is 62.6 Å². The van der Waals surface area contributed by atoms with Crippen LogP contribution in [0, 0.1) is 0 Å². The van der Waals surface area contributed by atoms with Gasteiger partial charge in [-0.05, 0) is 18.9 Å². The Balaban J connectivity index is 1.57. The number of para-hydroxylation sites is 2. The third-order valence-corrected chi connectivity index (χ3v) is 7.99. The summed E-state index contributed by atoms with van der Waals surface area (Å²) in [5.74, 6) is 2.11. The molecule has 0 unspecified atom stereocenters. The van der Waals surface area contributed by atoms with Gasteiger partial charge in [-0.25, -0.2) is 15.0 Å². The molecule has 5 aromatic carbocycles. The Labute approximate surface area is 258 Å². The SMILES string of the molecule is C=N/C(=N\C=N/C)n1c2ccccc2c2ccc3c4ccccc4n(-c4nc(-c5ccccc5)nc(-c5ccccc5)n4)c3c21. The molecule has 0 spiro atoms. The molecule has 0 amide bonds. The second kappa shape index (κ2) is 10.8. The Morgan fingerprint density at radius 3 is 1.73 bits per heavy atom. The van der Waals surface area contributed by atoms with E-state index in [2.05, 4.69) is 73.3 Å². The standard InChI is InChI=1S/C37H26N8/c1-38-23-40-36(39-2)44-30-19-11-9-17-26(30)28-21-22-29-27-18-10-12-20-31(27)45(33(29)32(28)44)37-42-34(24-13-5-3-6-14-24)41-35(43-37)25-15-7-4-8-16-25/h3-23H,2H2,1H3/b38-23-,40-36+. The average Bonchev–Trinajstić information content (AvgIpc) is 3.62. The molecule has 214 valence electrons. The third-order valence-electron chi connectivity index (χ3n) is 7.99. The van der Waals surface area contributed by atoms with Gasteiger partial charge in [0, 0.05) is 39.7 Å². The molecule has 0 aliphatic carbocycles. The van der Waals surface area contributed by atoms with Crippen molar-refractivity contribution < 1.29 is 0 Å². The van der Waals surface area contributed by atoms with Gasteiger partial charge in [0.15, 0.2) is 11.6 Å². The molecule has 8 heteroatoms. The highest BCUT2D eigenvalue weighted by atomic mass is 15.2. The number of aromatic nitrogens is 5. The van der Waals surface area contributed by atoms with Gasteiger partial charge in [-0.2, -0.15) is 9.97 Å². The molecule has 0 atom stereocenters. The summed E-state index contributed by atoms with van der Waals surface area (Å²) in [6.07, 6.45) is 1.49. The molecule has 0 N–H and O–H groups in total. The second-order valence-corrected chi connectivity index (χ2v) is 10.5. The molecule has 0 aliphatic heterocycles. The summed E-state index contributed by atoms with van der Waals surface area (Å²) >= 11 is 0. The predicted molar refractivity (Wildman–Crippen MR) is 185 cm³/mol. The van der Waals surface area contributed by atoms with Gasteiger partial charge in [-0.15, -0.1) is 0 Å². The number of aliphatic imine (C=N–C) groups is 3. The van der Waals surface area contributed by atoms with Gasteiger partial charge >= 0.3 is 0 Å². The van der Waals surface area contributed by atoms with Gasteiger partial charge in [0.1, 0.15) is 6.34 Å². The van der Waals surface area contributed by atoms with Gasteiger partial charge in [0.2, 0.25) is 11.9 Å². The summed E-state index contributed by atoms with van der Waals surface area (Å²) in [6, 6.07) is 40.9. The molecule has 45 heavy (non-hydrogen) atoms. The zero-order chi connectivity index (χ0) is 30.3. The van der Waals surface area contributed by atoms with Crippen molar-refractivity contribution in [2.24, 2.45) is 15.0 Å². The molecule has 3 aromatic heterocycles. The molecular weight excluding hydrogens is 556 g/mol. The summed E-state index contributed by atoms with van der Waals surface area (Å²) in [4.78, 5) is 28.2. The Morgan fingerprint density at radius 2 is 1.13 bits per heavy atom. The van der Waals surface area contributed by atoms with Crippen LogP contribution in [-0.4, -0.2) is 50.1 Å². The summed E-state index contributed by atoms with van der Waals surface area (Å²) < 4.78 is 4.19. The molecule has 3 heterocycles. The number of benzene rings is 5. The molecule has 0 saturated carbocycles. The first-order valence-corrected chi connectivity index (χ1v) is 14.5. The molecule has 0 bridgehead atoms. The van der Waals surface area contributed by atoms with Crippen molar-refractivity contribution in [1.82, 2.24) is 24.1 Å². The summed E-state index contributed by atoms with van der Waals surface area (Å²) in [7, 11) is 1.68. The molecule has 0 radical (unpaired) electrons. The highest BCUT2D eigenvalue weighted by Crippen LogP contribution is 2.40. The Kier molecular flexibility index (Phi) is 6.31. The lowest BCUT2D eigenvalue weighted by molar-refractivity contribution is 0.954. The second-order valence-electron chi connectivity index (χ2n) is 10.5. The summed E-state index contributed by atoms with van der Waals surface area (Å²) in [5, 5.41) is 4.25. The van der Waals surface area contributed by atoms with Crippen LogP contribution >= 0.6 is 0 Å². The van der Waals surface area contributed by atoms with Crippen LogP contribution in [0.15, 0.2) is 136 Å². The number of hydrogen-bond donors (Lipinski definition) is 0. The van der Waals surface area contributed by atoms with Crippen molar-refractivity contribution in [1.29, 1.82) is 0 Å². The van der Waals surface area contributed by atoms with E-state index in [1.54, 1.807) is 7.05 Å². The largest absolute Gasteiger partial charge is 0.277 e. The lowest BCUT2D eigenvalue weighted by atomic mass is 10.1. The van der Waals surface area contributed by atoms with E-state index < -0.39 is 0 Å². The zero-order valence-electron chi connectivity index (χ0n) is 24.4. The van der Waals surface area contributed by atoms with Crippen LogP contribution in [0.1, 0.15) is 0 Å². The first kappa shape index (κ1) is 26.4. The van der Waals surface area contributed by atoms with E-state index in [0.717, 1.165) is 54.7 Å². The minimum atomic E-state index is 0.418. The van der Waals surface area contributed by atoms with Crippen molar-refractivity contribution in [2.75, 3.05) is 7.05 Å². The van der Waals surface area contributed by atoms with Crippen molar-refractivity contribution in [3.05, 3.63) is 121 Å². The third kappa shape index (κ3) is 4.23. The summed E-state index contributed by atoms with van der Waals surface area (Å²) in [6.45, 7) is 3.87. The van der Waals surface area contributed by atoms with E-state index >= 15 is 0 Å². The Bertz CT molecular complexity index is 2390. The number of rotatable bonds is 4. The average molecular weight is 583 g/mol. The Morgan fingerprint density at radius 1 is 0.600 bits per heavy atom. The zero-order valence-corrected chi connectivity index (χ0v) is 24.4. The predicted octanol–water partition coefficient (Wildman–Crippen LogP) is 7.97. The smallest absolute Gasteiger partial charge is 0.238 e. The van der Waals surface area contributed by atoms with Crippen LogP contribution in [0.3, 0.4) is 0 Å². The number of hydrogen-bond acceptors (Lipinski definition) is 4. The Hall–Kier alpha value is -6.28. The number of fused-ring (bicyclic) bond motifs is 7. The van der Waals surface area contributed by atoms with Gasteiger partial charge < -0.3 is 0 Å². The maximum Gasteiger partial charge on any atom is 0.238 e. The normalized spacial score (nSPS) is 12.2. The molecular formula is C37H26N8.